The SMILES string of the molecule is Cc1oc(-c2ccccc2)nc1C[S@@](=O)Cc1ccc(Cl)cc1. The van der Waals surface area contributed by atoms with Crippen LogP contribution >= 0.6 is 11.6 Å². The van der Waals surface area contributed by atoms with E-state index in [4.69, 9.17) is 16.0 Å². The Balaban J connectivity index is 1.71. The van der Waals surface area contributed by atoms with Crippen molar-refractivity contribution < 1.29 is 8.63 Å². The first-order valence-corrected chi connectivity index (χ1v) is 9.09. The largest absolute Gasteiger partial charge is 0.441 e. The number of oxazole rings is 1. The fourth-order valence-corrected chi connectivity index (χ4v) is 3.60. The van der Waals surface area contributed by atoms with E-state index in [-0.39, 0.29) is 0 Å². The molecule has 3 nitrogen and oxygen atoms in total. The lowest BCUT2D eigenvalue weighted by molar-refractivity contribution is 0.540. The number of hydrogen-bond donors (Lipinski definition) is 0. The highest BCUT2D eigenvalue weighted by atomic mass is 35.5. The molecule has 0 amide bonds. The van der Waals surface area contributed by atoms with Gasteiger partial charge in [0.2, 0.25) is 5.89 Å². The molecule has 0 bridgehead atoms. The van der Waals surface area contributed by atoms with Crippen LogP contribution in [0.3, 0.4) is 0 Å². The van der Waals surface area contributed by atoms with Crippen LogP contribution in [0.2, 0.25) is 5.02 Å². The second-order valence-electron chi connectivity index (χ2n) is 5.24. The molecule has 3 aromatic rings. The molecular formula is C18H16ClNO2S. The third-order valence-corrected chi connectivity index (χ3v) is 4.95. The molecule has 0 aliphatic heterocycles. The van der Waals surface area contributed by atoms with Crippen molar-refractivity contribution in [1.82, 2.24) is 4.98 Å². The molecule has 2 aromatic carbocycles. The molecule has 0 saturated carbocycles. The fourth-order valence-electron chi connectivity index (χ4n) is 2.24. The first-order valence-electron chi connectivity index (χ1n) is 7.23. The van der Waals surface area contributed by atoms with Gasteiger partial charge in [-0.25, -0.2) is 4.98 Å². The zero-order valence-corrected chi connectivity index (χ0v) is 14.2. The van der Waals surface area contributed by atoms with E-state index in [2.05, 4.69) is 4.98 Å². The third kappa shape index (κ3) is 4.09. The summed E-state index contributed by atoms with van der Waals surface area (Å²) in [6.45, 7) is 1.86. The minimum atomic E-state index is -1.05. The molecule has 1 atom stereocenters. The monoisotopic (exact) mass is 345 g/mol. The summed E-state index contributed by atoms with van der Waals surface area (Å²) in [5.74, 6) is 2.14. The van der Waals surface area contributed by atoms with Crippen LogP contribution in [0.5, 0.6) is 0 Å². The van der Waals surface area contributed by atoms with Crippen LogP contribution in [0.15, 0.2) is 59.0 Å². The van der Waals surface area contributed by atoms with E-state index >= 15 is 0 Å². The van der Waals surface area contributed by atoms with Crippen LogP contribution in [0.4, 0.5) is 0 Å². The quantitative estimate of drug-likeness (QED) is 0.670. The Morgan fingerprint density at radius 3 is 2.43 bits per heavy atom. The Morgan fingerprint density at radius 1 is 1.04 bits per heavy atom. The molecule has 0 aliphatic rings. The van der Waals surface area contributed by atoms with Gasteiger partial charge in [-0.3, -0.25) is 4.21 Å². The van der Waals surface area contributed by atoms with Gasteiger partial charge in [-0.15, -0.1) is 0 Å². The summed E-state index contributed by atoms with van der Waals surface area (Å²) in [5, 5.41) is 0.680. The Bertz CT molecular complexity index is 813. The van der Waals surface area contributed by atoms with Gasteiger partial charge >= 0.3 is 0 Å². The van der Waals surface area contributed by atoms with Crippen LogP contribution in [-0.4, -0.2) is 9.19 Å². The highest BCUT2D eigenvalue weighted by Crippen LogP contribution is 2.22. The summed E-state index contributed by atoms with van der Waals surface area (Å²) in [5.41, 5.74) is 2.67. The summed E-state index contributed by atoms with van der Waals surface area (Å²) in [7, 11) is -1.05. The van der Waals surface area contributed by atoms with Crippen LogP contribution in [0.1, 0.15) is 17.0 Å². The fraction of sp³-hybridized carbons (Fsp3) is 0.167. The van der Waals surface area contributed by atoms with Crippen LogP contribution < -0.4 is 0 Å². The topological polar surface area (TPSA) is 43.1 Å². The number of rotatable bonds is 5. The molecule has 5 heteroatoms. The summed E-state index contributed by atoms with van der Waals surface area (Å²) in [4.78, 5) is 4.49. The van der Waals surface area contributed by atoms with Crippen LogP contribution in [0, 0.1) is 6.92 Å². The molecule has 3 rings (SSSR count). The van der Waals surface area contributed by atoms with Crippen molar-refractivity contribution in [2.45, 2.75) is 18.4 Å². The van der Waals surface area contributed by atoms with Gasteiger partial charge in [0, 0.05) is 27.1 Å². The number of hydrogen-bond acceptors (Lipinski definition) is 3. The predicted octanol–water partition coefficient (Wildman–Crippen LogP) is 4.75. The van der Waals surface area contributed by atoms with Gasteiger partial charge in [0.05, 0.1) is 11.4 Å². The molecule has 0 spiro atoms. The van der Waals surface area contributed by atoms with E-state index in [1.807, 2.05) is 61.5 Å². The molecule has 118 valence electrons. The summed E-state index contributed by atoms with van der Waals surface area (Å²) >= 11 is 5.86. The number of nitrogens with zero attached hydrogens (tertiary/aromatic N) is 1. The first kappa shape index (κ1) is 16.0. The second kappa shape index (κ2) is 7.11. The maximum absolute atomic E-state index is 12.4. The molecule has 0 unspecified atom stereocenters. The summed E-state index contributed by atoms with van der Waals surface area (Å²) in [6, 6.07) is 17.1. The van der Waals surface area contributed by atoms with Crippen molar-refractivity contribution in [2.24, 2.45) is 0 Å². The number of aryl methyl sites for hydroxylation is 1. The average Bonchev–Trinajstić information content (AvgIpc) is 2.91. The van der Waals surface area contributed by atoms with Crippen molar-refractivity contribution in [3.05, 3.63) is 76.6 Å². The lowest BCUT2D eigenvalue weighted by Crippen LogP contribution is -2.01. The van der Waals surface area contributed by atoms with Crippen LogP contribution in [-0.2, 0) is 22.3 Å². The predicted molar refractivity (Wildman–Crippen MR) is 93.7 cm³/mol. The molecular weight excluding hydrogens is 330 g/mol. The van der Waals surface area contributed by atoms with Crippen molar-refractivity contribution in [3.63, 3.8) is 0 Å². The molecule has 0 fully saturated rings. The van der Waals surface area contributed by atoms with Gasteiger partial charge < -0.3 is 4.42 Å². The highest BCUT2D eigenvalue weighted by molar-refractivity contribution is 7.83. The third-order valence-electron chi connectivity index (χ3n) is 3.45. The minimum Gasteiger partial charge on any atom is -0.441 e. The van der Waals surface area contributed by atoms with Crippen molar-refractivity contribution in [2.75, 3.05) is 0 Å². The molecule has 1 heterocycles. The van der Waals surface area contributed by atoms with E-state index in [0.717, 1.165) is 16.8 Å². The van der Waals surface area contributed by atoms with E-state index in [1.165, 1.54) is 0 Å². The Kier molecular flexibility index (Phi) is 4.94. The average molecular weight is 346 g/mol. The lowest BCUT2D eigenvalue weighted by atomic mass is 10.2. The minimum absolute atomic E-state index is 0.380. The van der Waals surface area contributed by atoms with E-state index in [1.54, 1.807) is 0 Å². The maximum atomic E-state index is 12.4. The molecule has 0 aliphatic carbocycles. The summed E-state index contributed by atoms with van der Waals surface area (Å²) in [6.07, 6.45) is 0. The van der Waals surface area contributed by atoms with Gasteiger partial charge in [-0.2, -0.15) is 0 Å². The van der Waals surface area contributed by atoms with Crippen molar-refractivity contribution in [1.29, 1.82) is 0 Å². The Morgan fingerprint density at radius 2 is 1.74 bits per heavy atom. The zero-order valence-electron chi connectivity index (χ0n) is 12.7. The zero-order chi connectivity index (χ0) is 16.2. The highest BCUT2D eigenvalue weighted by Gasteiger charge is 2.14. The Labute approximate surface area is 142 Å². The molecule has 0 N–H and O–H groups in total. The Hall–Kier alpha value is -1.91. The first-order chi connectivity index (χ1) is 11.1. The maximum Gasteiger partial charge on any atom is 0.226 e. The molecule has 1 aromatic heterocycles. The van der Waals surface area contributed by atoms with Gasteiger partial charge in [0.15, 0.2) is 0 Å². The smallest absolute Gasteiger partial charge is 0.226 e. The molecule has 0 radical (unpaired) electrons. The summed E-state index contributed by atoms with van der Waals surface area (Å²) < 4.78 is 18.1. The van der Waals surface area contributed by atoms with Crippen molar-refractivity contribution in [3.8, 4) is 11.5 Å². The van der Waals surface area contributed by atoms with Gasteiger partial charge in [0.1, 0.15) is 5.76 Å². The standard InChI is InChI=1S/C18H16ClNO2S/c1-13-17(20-18(22-13)15-5-3-2-4-6-15)12-23(21)11-14-7-9-16(19)10-8-14/h2-10H,11-12H2,1H3/t23-/m0/s1. The van der Waals surface area contributed by atoms with Gasteiger partial charge in [0.25, 0.3) is 0 Å². The van der Waals surface area contributed by atoms with Crippen LogP contribution in [0.25, 0.3) is 11.5 Å². The second-order valence-corrected chi connectivity index (χ2v) is 7.14. The lowest BCUT2D eigenvalue weighted by Gasteiger charge is -2.01. The van der Waals surface area contributed by atoms with E-state index in [9.17, 15) is 4.21 Å². The van der Waals surface area contributed by atoms with E-state index in [0.29, 0.717) is 28.2 Å². The van der Waals surface area contributed by atoms with Gasteiger partial charge in [-0.05, 0) is 36.8 Å². The number of aromatic nitrogens is 1. The van der Waals surface area contributed by atoms with Gasteiger partial charge in [-0.1, -0.05) is 41.9 Å². The normalized spacial score (nSPS) is 12.3. The molecule has 23 heavy (non-hydrogen) atoms. The number of halogens is 1. The van der Waals surface area contributed by atoms with Crippen molar-refractivity contribution >= 4 is 22.4 Å². The number of benzene rings is 2. The van der Waals surface area contributed by atoms with E-state index < -0.39 is 10.8 Å². The molecule has 0 saturated heterocycles.